The van der Waals surface area contributed by atoms with Crippen LogP contribution in [0.5, 0.6) is 0 Å². The molecular weight excluding hydrogens is 296 g/mol. The van der Waals surface area contributed by atoms with Gasteiger partial charge in [0, 0.05) is 31.6 Å². The molecule has 1 N–H and O–H groups in total. The molecule has 4 atom stereocenters. The van der Waals surface area contributed by atoms with Crippen LogP contribution in [0.25, 0.3) is 0 Å². The Labute approximate surface area is 124 Å². The second-order valence-electron chi connectivity index (χ2n) is 5.71. The largest absolute Gasteiger partial charge is 0.384 e. The van der Waals surface area contributed by atoms with Crippen LogP contribution in [-0.2, 0) is 19.5 Å². The molecule has 0 amide bonds. The lowest BCUT2D eigenvalue weighted by Gasteiger charge is -2.47. The van der Waals surface area contributed by atoms with Crippen LogP contribution in [0.2, 0.25) is 0 Å². The standard InChI is InChI=1S/C13H20N2O5S/c1-7-13(8(2)20-14-7)21(16,17)15-11-9-4-5-19-12(9)10(11)6-18-3/h9-12,15H,4-6H2,1-3H3/t9-,10+,11-,12-/m0/s1. The fraction of sp³-hybridized carbons (Fsp3) is 0.769. The van der Waals surface area contributed by atoms with Crippen molar-refractivity contribution < 1.29 is 22.4 Å². The number of hydrogen-bond donors (Lipinski definition) is 1. The van der Waals surface area contributed by atoms with E-state index in [4.69, 9.17) is 14.0 Å². The first-order valence-corrected chi connectivity index (χ1v) is 8.49. The molecule has 1 aliphatic carbocycles. The number of fused-ring (bicyclic) bond motifs is 1. The third-order valence-corrected chi connectivity index (χ3v) is 6.12. The van der Waals surface area contributed by atoms with Crippen molar-refractivity contribution in [1.82, 2.24) is 9.88 Å². The minimum atomic E-state index is -3.65. The molecule has 1 aromatic rings. The van der Waals surface area contributed by atoms with Gasteiger partial charge in [-0.2, -0.15) is 0 Å². The average Bonchev–Trinajstić information content (AvgIpc) is 2.98. The van der Waals surface area contributed by atoms with Crippen LogP contribution in [-0.4, -0.2) is 46.0 Å². The predicted octanol–water partition coefficient (Wildman–Crippen LogP) is 0.620. The average molecular weight is 316 g/mol. The summed E-state index contributed by atoms with van der Waals surface area (Å²) in [6, 6.07) is -0.156. The van der Waals surface area contributed by atoms with E-state index in [9.17, 15) is 8.42 Å². The summed E-state index contributed by atoms with van der Waals surface area (Å²) >= 11 is 0. The first kappa shape index (κ1) is 15.0. The quantitative estimate of drug-likeness (QED) is 0.856. The Morgan fingerprint density at radius 2 is 2.19 bits per heavy atom. The van der Waals surface area contributed by atoms with Gasteiger partial charge in [0.15, 0.2) is 5.76 Å². The van der Waals surface area contributed by atoms with Gasteiger partial charge in [-0.1, -0.05) is 5.16 Å². The molecule has 21 heavy (non-hydrogen) atoms. The summed E-state index contributed by atoms with van der Waals surface area (Å²) in [5, 5.41) is 3.71. The monoisotopic (exact) mass is 316 g/mol. The molecule has 1 aliphatic heterocycles. The topological polar surface area (TPSA) is 90.7 Å². The molecule has 0 unspecified atom stereocenters. The highest BCUT2D eigenvalue weighted by Gasteiger charge is 2.55. The van der Waals surface area contributed by atoms with Gasteiger partial charge in [0.25, 0.3) is 0 Å². The minimum Gasteiger partial charge on any atom is -0.384 e. The van der Waals surface area contributed by atoms with Gasteiger partial charge in [-0.15, -0.1) is 0 Å². The van der Waals surface area contributed by atoms with Crippen molar-refractivity contribution in [1.29, 1.82) is 0 Å². The second kappa shape index (κ2) is 5.35. The van der Waals surface area contributed by atoms with Gasteiger partial charge in [-0.25, -0.2) is 13.1 Å². The molecule has 2 heterocycles. The van der Waals surface area contributed by atoms with Crippen LogP contribution in [0.3, 0.4) is 0 Å². The number of aromatic nitrogens is 1. The van der Waals surface area contributed by atoms with Gasteiger partial charge in [-0.05, 0) is 20.3 Å². The Bertz CT molecular complexity index is 607. The Kier molecular flexibility index (Phi) is 3.81. The number of methoxy groups -OCH3 is 1. The van der Waals surface area contributed by atoms with Crippen molar-refractivity contribution in [2.45, 2.75) is 37.3 Å². The van der Waals surface area contributed by atoms with Gasteiger partial charge in [0.05, 0.1) is 12.7 Å². The van der Waals surface area contributed by atoms with E-state index in [2.05, 4.69) is 9.88 Å². The van der Waals surface area contributed by atoms with Gasteiger partial charge >= 0.3 is 0 Å². The summed E-state index contributed by atoms with van der Waals surface area (Å²) < 4.78 is 43.8. The third-order valence-electron chi connectivity index (χ3n) is 4.41. The Hall–Kier alpha value is -0.960. The van der Waals surface area contributed by atoms with Crippen molar-refractivity contribution in [2.75, 3.05) is 20.3 Å². The lowest BCUT2D eigenvalue weighted by atomic mass is 9.68. The van der Waals surface area contributed by atoms with E-state index in [0.717, 1.165) is 6.42 Å². The zero-order chi connectivity index (χ0) is 15.2. The molecule has 0 radical (unpaired) electrons. The van der Waals surface area contributed by atoms with E-state index in [-0.39, 0.29) is 28.9 Å². The first-order valence-electron chi connectivity index (χ1n) is 7.01. The molecule has 1 aromatic heterocycles. The summed E-state index contributed by atoms with van der Waals surface area (Å²) in [4.78, 5) is 0.140. The van der Waals surface area contributed by atoms with Crippen molar-refractivity contribution in [2.24, 2.45) is 11.8 Å². The summed E-state index contributed by atoms with van der Waals surface area (Å²) in [5.41, 5.74) is 0.377. The Morgan fingerprint density at radius 3 is 2.81 bits per heavy atom. The molecule has 7 nitrogen and oxygen atoms in total. The van der Waals surface area contributed by atoms with E-state index >= 15 is 0 Å². The number of sulfonamides is 1. The van der Waals surface area contributed by atoms with Gasteiger partial charge in [0.1, 0.15) is 10.6 Å². The van der Waals surface area contributed by atoms with Gasteiger partial charge in [0.2, 0.25) is 10.0 Å². The van der Waals surface area contributed by atoms with Crippen molar-refractivity contribution in [3.63, 3.8) is 0 Å². The summed E-state index contributed by atoms with van der Waals surface area (Å²) in [5.74, 6) is 0.583. The molecule has 2 fully saturated rings. The Morgan fingerprint density at radius 1 is 1.43 bits per heavy atom. The SMILES string of the molecule is COC[C@@H]1[C@@H](NS(=O)(=O)c2c(C)noc2C)[C@@H]2CCO[C@H]12. The number of hydrogen-bond acceptors (Lipinski definition) is 6. The maximum atomic E-state index is 12.6. The molecule has 118 valence electrons. The fourth-order valence-electron chi connectivity index (χ4n) is 3.49. The van der Waals surface area contributed by atoms with E-state index in [0.29, 0.717) is 24.7 Å². The first-order chi connectivity index (χ1) is 9.95. The summed E-state index contributed by atoms with van der Waals surface area (Å²) in [6.07, 6.45) is 0.974. The van der Waals surface area contributed by atoms with E-state index in [1.165, 1.54) is 0 Å². The molecular formula is C13H20N2O5S. The van der Waals surface area contributed by atoms with Gasteiger partial charge in [-0.3, -0.25) is 0 Å². The van der Waals surface area contributed by atoms with Crippen LogP contribution < -0.4 is 4.72 Å². The van der Waals surface area contributed by atoms with E-state index in [1.54, 1.807) is 21.0 Å². The normalized spacial score (nSPS) is 32.0. The zero-order valence-electron chi connectivity index (χ0n) is 12.3. The molecule has 0 aromatic carbocycles. The summed E-state index contributed by atoms with van der Waals surface area (Å²) in [6.45, 7) is 4.39. The highest BCUT2D eigenvalue weighted by Crippen LogP contribution is 2.44. The predicted molar refractivity (Wildman–Crippen MR) is 73.3 cm³/mol. The molecule has 1 saturated carbocycles. The smallest absolute Gasteiger partial charge is 0.246 e. The number of aryl methyl sites for hydroxylation is 2. The molecule has 3 rings (SSSR count). The molecule has 0 spiro atoms. The number of nitrogens with one attached hydrogen (secondary N) is 1. The van der Waals surface area contributed by atoms with Crippen LogP contribution in [0, 0.1) is 25.7 Å². The fourth-order valence-corrected chi connectivity index (χ4v) is 5.16. The van der Waals surface area contributed by atoms with E-state index < -0.39 is 10.0 Å². The Balaban J connectivity index is 1.82. The van der Waals surface area contributed by atoms with Crippen molar-refractivity contribution >= 4 is 10.0 Å². The van der Waals surface area contributed by atoms with Crippen LogP contribution in [0.4, 0.5) is 0 Å². The number of nitrogens with zero attached hydrogens (tertiary/aromatic N) is 1. The summed E-state index contributed by atoms with van der Waals surface area (Å²) in [7, 11) is -2.03. The highest BCUT2D eigenvalue weighted by molar-refractivity contribution is 7.89. The maximum absolute atomic E-state index is 12.6. The van der Waals surface area contributed by atoms with Crippen molar-refractivity contribution in [3.05, 3.63) is 11.5 Å². The lowest BCUT2D eigenvalue weighted by molar-refractivity contribution is -0.0775. The second-order valence-corrected chi connectivity index (χ2v) is 7.36. The number of ether oxygens (including phenoxy) is 2. The van der Waals surface area contributed by atoms with Crippen LogP contribution in [0.15, 0.2) is 9.42 Å². The molecule has 8 heteroatoms. The zero-order valence-corrected chi connectivity index (χ0v) is 13.1. The van der Waals surface area contributed by atoms with Crippen LogP contribution in [0.1, 0.15) is 17.9 Å². The van der Waals surface area contributed by atoms with Crippen LogP contribution >= 0.6 is 0 Å². The molecule has 1 saturated heterocycles. The third kappa shape index (κ3) is 2.40. The molecule has 2 aliphatic rings. The highest BCUT2D eigenvalue weighted by atomic mass is 32.2. The minimum absolute atomic E-state index is 0.0535. The molecule has 0 bridgehead atoms. The van der Waals surface area contributed by atoms with Gasteiger partial charge < -0.3 is 14.0 Å². The van der Waals surface area contributed by atoms with E-state index in [1.807, 2.05) is 0 Å². The lowest BCUT2D eigenvalue weighted by Crippen LogP contribution is -2.62. The maximum Gasteiger partial charge on any atom is 0.246 e. The van der Waals surface area contributed by atoms with Crippen molar-refractivity contribution in [3.8, 4) is 0 Å². The number of rotatable bonds is 5.